The van der Waals surface area contributed by atoms with Crippen LogP contribution in [-0.4, -0.2) is 55.0 Å². The molecule has 1 aromatic carbocycles. The molecular formula is C21H15F3N6O4. The predicted octanol–water partition coefficient (Wildman–Crippen LogP) is 1.99. The Morgan fingerprint density at radius 3 is 2.68 bits per heavy atom. The molecular weight excluding hydrogens is 457 g/mol. The average molecular weight is 472 g/mol. The number of aromatic nitrogens is 4. The molecule has 0 bridgehead atoms. The number of imide groups is 1. The van der Waals surface area contributed by atoms with Crippen molar-refractivity contribution in [2.75, 3.05) is 0 Å². The van der Waals surface area contributed by atoms with E-state index in [-0.39, 0.29) is 42.6 Å². The molecule has 174 valence electrons. The summed E-state index contributed by atoms with van der Waals surface area (Å²) in [6.45, 7) is 0.189. The van der Waals surface area contributed by atoms with Crippen molar-refractivity contribution in [1.82, 2.24) is 30.2 Å². The number of nitrogens with zero attached hydrogens (tertiary/aromatic N) is 5. The summed E-state index contributed by atoms with van der Waals surface area (Å²) in [6, 6.07) is 8.14. The van der Waals surface area contributed by atoms with Gasteiger partial charge in [0.05, 0.1) is 17.6 Å². The van der Waals surface area contributed by atoms with Crippen molar-refractivity contribution in [1.29, 1.82) is 0 Å². The van der Waals surface area contributed by atoms with Crippen LogP contribution in [0.4, 0.5) is 13.2 Å². The minimum Gasteiger partial charge on any atom is -0.388 e. The van der Waals surface area contributed by atoms with E-state index in [1.807, 2.05) is 0 Å². The number of rotatable bonds is 4. The van der Waals surface area contributed by atoms with Gasteiger partial charge < -0.3 is 9.64 Å². The summed E-state index contributed by atoms with van der Waals surface area (Å²) in [5.74, 6) is -1.78. The highest BCUT2D eigenvalue weighted by Crippen LogP contribution is 2.29. The number of fused-ring (bicyclic) bond motifs is 1. The van der Waals surface area contributed by atoms with Crippen molar-refractivity contribution in [2.45, 2.75) is 31.8 Å². The third-order valence-electron chi connectivity index (χ3n) is 5.47. The summed E-state index contributed by atoms with van der Waals surface area (Å²) in [7, 11) is 0. The largest absolute Gasteiger partial charge is 0.574 e. The maximum atomic E-state index is 12.8. The van der Waals surface area contributed by atoms with Gasteiger partial charge in [0.15, 0.2) is 0 Å². The van der Waals surface area contributed by atoms with Crippen molar-refractivity contribution >= 4 is 17.7 Å². The summed E-state index contributed by atoms with van der Waals surface area (Å²) in [5, 5.41) is 10.2. The third-order valence-corrected chi connectivity index (χ3v) is 5.47. The fraction of sp³-hybridized carbons (Fsp3) is 0.238. The molecule has 0 aliphatic carbocycles. The lowest BCUT2D eigenvalue weighted by molar-refractivity contribution is -0.276. The standard InChI is InChI=1S/C21H15F3N6O4/c22-21(23,24)34-18-3-1-2-14(25-18)15-10-30(28-27-15)12-4-5-13-11(8-12)9-29(20(13)33)16-6-7-17(31)26-19(16)32/h1-5,8,10,16H,6-7,9H2,(H,26,31,32). The third kappa shape index (κ3) is 4.07. The molecule has 0 saturated carbocycles. The SMILES string of the molecule is O=C1CCC(N2Cc3cc(-n4cc(-c5cccc(OC(F)(F)F)n5)nn4)ccc3C2=O)C(=O)N1. The maximum absolute atomic E-state index is 12.8. The van der Waals surface area contributed by atoms with E-state index in [9.17, 15) is 27.6 Å². The van der Waals surface area contributed by atoms with Crippen molar-refractivity contribution in [3.05, 3.63) is 53.7 Å². The number of pyridine rings is 1. The van der Waals surface area contributed by atoms with Crippen LogP contribution in [0.2, 0.25) is 0 Å². The number of piperidine rings is 1. The minimum atomic E-state index is -4.87. The number of amides is 3. The van der Waals surface area contributed by atoms with E-state index >= 15 is 0 Å². The number of nitrogens with one attached hydrogen (secondary N) is 1. The molecule has 0 spiro atoms. The molecule has 0 radical (unpaired) electrons. The molecule has 1 unspecified atom stereocenters. The molecule has 5 rings (SSSR count). The first-order chi connectivity index (χ1) is 16.2. The number of hydrogen-bond donors (Lipinski definition) is 1. The van der Waals surface area contributed by atoms with Crippen LogP contribution in [0, 0.1) is 0 Å². The summed E-state index contributed by atoms with van der Waals surface area (Å²) in [6.07, 6.45) is -2.97. The molecule has 2 aromatic heterocycles. The lowest BCUT2D eigenvalue weighted by Crippen LogP contribution is -2.52. The fourth-order valence-corrected chi connectivity index (χ4v) is 3.94. The molecule has 1 N–H and O–H groups in total. The number of carbonyl (C=O) groups is 3. The van der Waals surface area contributed by atoms with Gasteiger partial charge in [0.2, 0.25) is 17.7 Å². The van der Waals surface area contributed by atoms with Gasteiger partial charge in [0, 0.05) is 24.6 Å². The Labute approximate surface area is 189 Å². The van der Waals surface area contributed by atoms with Gasteiger partial charge in [-0.25, -0.2) is 9.67 Å². The molecule has 13 heteroatoms. The number of carbonyl (C=O) groups excluding carboxylic acids is 3. The zero-order valence-corrected chi connectivity index (χ0v) is 17.2. The van der Waals surface area contributed by atoms with Crippen LogP contribution in [-0.2, 0) is 16.1 Å². The Morgan fingerprint density at radius 1 is 1.09 bits per heavy atom. The van der Waals surface area contributed by atoms with Crippen LogP contribution >= 0.6 is 0 Å². The Kier molecular flexibility index (Phi) is 5.03. The second-order valence-corrected chi connectivity index (χ2v) is 7.70. The van der Waals surface area contributed by atoms with E-state index in [0.29, 0.717) is 16.8 Å². The number of alkyl halides is 3. The molecule has 1 fully saturated rings. The van der Waals surface area contributed by atoms with Crippen LogP contribution in [0.15, 0.2) is 42.6 Å². The van der Waals surface area contributed by atoms with Gasteiger partial charge >= 0.3 is 6.36 Å². The summed E-state index contributed by atoms with van der Waals surface area (Å²) in [4.78, 5) is 41.6. The zero-order valence-electron chi connectivity index (χ0n) is 17.2. The number of hydrogen-bond acceptors (Lipinski definition) is 7. The van der Waals surface area contributed by atoms with E-state index in [2.05, 4.69) is 25.3 Å². The van der Waals surface area contributed by atoms with Gasteiger partial charge in [-0.05, 0) is 36.2 Å². The Morgan fingerprint density at radius 2 is 1.91 bits per heavy atom. The van der Waals surface area contributed by atoms with Crippen LogP contribution in [0.3, 0.4) is 0 Å². The topological polar surface area (TPSA) is 119 Å². The highest BCUT2D eigenvalue weighted by molar-refractivity contribution is 6.05. The molecule has 3 aromatic rings. The normalized spacial score (nSPS) is 18.1. The van der Waals surface area contributed by atoms with Crippen molar-refractivity contribution in [3.63, 3.8) is 0 Å². The van der Waals surface area contributed by atoms with E-state index in [1.165, 1.54) is 27.9 Å². The molecule has 2 aliphatic rings. The average Bonchev–Trinajstić information content (AvgIpc) is 3.38. The van der Waals surface area contributed by atoms with Gasteiger partial charge in [-0.3, -0.25) is 19.7 Å². The Balaban J connectivity index is 1.37. The first-order valence-corrected chi connectivity index (χ1v) is 10.1. The van der Waals surface area contributed by atoms with Gasteiger partial charge in [0.25, 0.3) is 5.91 Å². The van der Waals surface area contributed by atoms with Crippen molar-refractivity contribution < 1.29 is 32.3 Å². The first-order valence-electron chi connectivity index (χ1n) is 10.1. The molecule has 4 heterocycles. The van der Waals surface area contributed by atoms with Gasteiger partial charge in [0.1, 0.15) is 11.7 Å². The molecule has 34 heavy (non-hydrogen) atoms. The van der Waals surface area contributed by atoms with Crippen LogP contribution < -0.4 is 10.1 Å². The molecule has 1 saturated heterocycles. The predicted molar refractivity (Wildman–Crippen MR) is 107 cm³/mol. The van der Waals surface area contributed by atoms with Crippen LogP contribution in [0.5, 0.6) is 5.88 Å². The smallest absolute Gasteiger partial charge is 0.388 e. The van der Waals surface area contributed by atoms with Gasteiger partial charge in [-0.1, -0.05) is 11.3 Å². The maximum Gasteiger partial charge on any atom is 0.574 e. The van der Waals surface area contributed by atoms with Crippen LogP contribution in [0.25, 0.3) is 17.1 Å². The lowest BCUT2D eigenvalue weighted by atomic mass is 10.0. The minimum absolute atomic E-state index is 0.133. The Hall–Kier alpha value is -4.29. The van der Waals surface area contributed by atoms with E-state index in [4.69, 9.17) is 0 Å². The van der Waals surface area contributed by atoms with Gasteiger partial charge in [-0.15, -0.1) is 18.3 Å². The zero-order chi connectivity index (χ0) is 24.0. The molecule has 2 aliphatic heterocycles. The first kappa shape index (κ1) is 21.6. The second kappa shape index (κ2) is 7.93. The van der Waals surface area contributed by atoms with Gasteiger partial charge in [-0.2, -0.15) is 0 Å². The quantitative estimate of drug-likeness (QED) is 0.577. The molecule has 3 amide bonds. The van der Waals surface area contributed by atoms with Crippen molar-refractivity contribution in [2.24, 2.45) is 0 Å². The molecule has 1 atom stereocenters. The lowest BCUT2D eigenvalue weighted by Gasteiger charge is -2.29. The van der Waals surface area contributed by atoms with E-state index in [1.54, 1.807) is 18.2 Å². The monoisotopic (exact) mass is 472 g/mol. The number of ether oxygens (including phenoxy) is 1. The van der Waals surface area contributed by atoms with E-state index in [0.717, 1.165) is 6.07 Å². The van der Waals surface area contributed by atoms with E-state index < -0.39 is 24.2 Å². The Bertz CT molecular complexity index is 1320. The second-order valence-electron chi connectivity index (χ2n) is 7.70. The van der Waals surface area contributed by atoms with Crippen LogP contribution in [0.1, 0.15) is 28.8 Å². The highest BCUT2D eigenvalue weighted by atomic mass is 19.4. The summed E-state index contributed by atoms with van der Waals surface area (Å²) >= 11 is 0. The number of halogens is 3. The highest BCUT2D eigenvalue weighted by Gasteiger charge is 2.39. The summed E-state index contributed by atoms with van der Waals surface area (Å²) < 4.78 is 42.6. The summed E-state index contributed by atoms with van der Waals surface area (Å²) in [5.41, 5.74) is 2.01. The number of benzene rings is 1. The molecule has 10 nitrogen and oxygen atoms in total. The fourth-order valence-electron chi connectivity index (χ4n) is 3.94. The van der Waals surface area contributed by atoms with Crippen molar-refractivity contribution in [3.8, 4) is 23.0 Å².